The second-order valence-corrected chi connectivity index (χ2v) is 5.74. The average molecular weight is 298 g/mol. The van der Waals surface area contributed by atoms with E-state index in [-0.39, 0.29) is 6.54 Å². The van der Waals surface area contributed by atoms with E-state index in [1.807, 2.05) is 30.3 Å². The van der Waals surface area contributed by atoms with Crippen molar-refractivity contribution in [3.8, 4) is 0 Å². The number of nitrogens with zero attached hydrogens (tertiary/aromatic N) is 2. The highest BCUT2D eigenvalue weighted by Crippen LogP contribution is 2.45. The van der Waals surface area contributed by atoms with Gasteiger partial charge in [0, 0.05) is 18.0 Å². The topological polar surface area (TPSA) is 62.7 Å². The van der Waals surface area contributed by atoms with Crippen LogP contribution in [-0.4, -0.2) is 26.8 Å². The Morgan fingerprint density at radius 1 is 1.18 bits per heavy atom. The zero-order valence-corrected chi connectivity index (χ0v) is 12.6. The second-order valence-electron chi connectivity index (χ2n) is 5.74. The number of carbonyl (C=O) groups is 1. The fraction of sp³-hybridized carbons (Fsp3) is 0.294. The lowest BCUT2D eigenvalue weighted by Gasteiger charge is -2.37. The lowest BCUT2D eigenvalue weighted by molar-refractivity contribution is -0.143. The molecule has 2 aromatic rings. The van der Waals surface area contributed by atoms with E-state index in [1.54, 1.807) is 38.4 Å². The van der Waals surface area contributed by atoms with Gasteiger partial charge in [-0.1, -0.05) is 36.4 Å². The van der Waals surface area contributed by atoms with Gasteiger partial charge in [-0.15, -0.1) is 0 Å². The van der Waals surface area contributed by atoms with Gasteiger partial charge >= 0.3 is 6.09 Å². The molecule has 0 spiro atoms. The lowest BCUT2D eigenvalue weighted by atomic mass is 9.86. The fourth-order valence-electron chi connectivity index (χ4n) is 2.72. The van der Waals surface area contributed by atoms with Crippen LogP contribution in [0.4, 0.5) is 4.79 Å². The molecule has 114 valence electrons. The number of hydrogen-bond donors (Lipinski definition) is 1. The molecule has 2 heterocycles. The Morgan fingerprint density at radius 2 is 1.91 bits per heavy atom. The van der Waals surface area contributed by atoms with Crippen molar-refractivity contribution >= 4 is 6.09 Å². The monoisotopic (exact) mass is 298 g/mol. The lowest BCUT2D eigenvalue weighted by Crippen LogP contribution is -2.53. The Labute approximate surface area is 129 Å². The number of benzene rings is 1. The van der Waals surface area contributed by atoms with Crippen LogP contribution in [0.1, 0.15) is 25.0 Å². The number of rotatable bonds is 3. The van der Waals surface area contributed by atoms with Crippen molar-refractivity contribution in [1.82, 2.24) is 9.88 Å². The summed E-state index contributed by atoms with van der Waals surface area (Å²) in [7, 11) is 0. The molecule has 1 N–H and O–H groups in total. The predicted octanol–water partition coefficient (Wildman–Crippen LogP) is 2.66. The molecular formula is C17H18N2O3. The SMILES string of the molecule is C[C@@]1(c2cccnc2)OC(=O)N(Cc2ccccc2)[C@@]1(C)O. The Morgan fingerprint density at radius 3 is 2.55 bits per heavy atom. The smallest absolute Gasteiger partial charge is 0.413 e. The molecule has 1 fully saturated rings. The number of aromatic nitrogens is 1. The van der Waals surface area contributed by atoms with Gasteiger partial charge in [-0.3, -0.25) is 9.88 Å². The predicted molar refractivity (Wildman–Crippen MR) is 80.7 cm³/mol. The minimum atomic E-state index is -1.48. The van der Waals surface area contributed by atoms with Gasteiger partial charge in [-0.25, -0.2) is 4.79 Å². The van der Waals surface area contributed by atoms with E-state index in [0.29, 0.717) is 5.56 Å². The van der Waals surface area contributed by atoms with E-state index in [1.165, 1.54) is 4.90 Å². The molecule has 5 nitrogen and oxygen atoms in total. The summed E-state index contributed by atoms with van der Waals surface area (Å²) < 4.78 is 5.53. The number of hydrogen-bond acceptors (Lipinski definition) is 4. The van der Waals surface area contributed by atoms with Gasteiger partial charge in [0.25, 0.3) is 0 Å². The van der Waals surface area contributed by atoms with E-state index in [9.17, 15) is 9.90 Å². The minimum absolute atomic E-state index is 0.280. The van der Waals surface area contributed by atoms with E-state index < -0.39 is 17.4 Å². The maximum absolute atomic E-state index is 12.3. The minimum Gasteiger partial charge on any atom is -0.433 e. The molecule has 1 aliphatic heterocycles. The number of pyridine rings is 1. The Hall–Kier alpha value is -2.40. The van der Waals surface area contributed by atoms with Crippen LogP contribution >= 0.6 is 0 Å². The highest BCUT2D eigenvalue weighted by atomic mass is 16.6. The zero-order valence-electron chi connectivity index (χ0n) is 12.6. The molecule has 3 rings (SSSR count). The molecule has 0 unspecified atom stereocenters. The third-order valence-electron chi connectivity index (χ3n) is 4.34. The highest BCUT2D eigenvalue weighted by Gasteiger charge is 2.60. The summed E-state index contributed by atoms with van der Waals surface area (Å²) in [5.41, 5.74) is -1.07. The van der Waals surface area contributed by atoms with Gasteiger partial charge in [-0.2, -0.15) is 0 Å². The third kappa shape index (κ3) is 2.14. The molecule has 1 aromatic heterocycles. The Balaban J connectivity index is 1.96. The number of carbonyl (C=O) groups excluding carboxylic acids is 1. The van der Waals surface area contributed by atoms with Gasteiger partial charge in [0.2, 0.25) is 0 Å². The Bertz CT molecular complexity index is 673. The quantitative estimate of drug-likeness (QED) is 0.946. The van der Waals surface area contributed by atoms with E-state index in [4.69, 9.17) is 4.74 Å². The largest absolute Gasteiger partial charge is 0.433 e. The van der Waals surface area contributed by atoms with Crippen LogP contribution in [0.3, 0.4) is 0 Å². The molecule has 1 amide bonds. The van der Waals surface area contributed by atoms with Gasteiger partial charge in [-0.05, 0) is 25.5 Å². The number of cyclic esters (lactones) is 1. The van der Waals surface area contributed by atoms with Gasteiger partial charge in [0.1, 0.15) is 0 Å². The molecule has 0 saturated carbocycles. The van der Waals surface area contributed by atoms with Crippen molar-refractivity contribution in [2.45, 2.75) is 31.7 Å². The molecule has 1 aliphatic rings. The summed E-state index contributed by atoms with van der Waals surface area (Å²) in [5, 5.41) is 11.0. The number of ether oxygens (including phenoxy) is 1. The molecule has 0 aliphatic carbocycles. The summed E-state index contributed by atoms with van der Waals surface area (Å²) >= 11 is 0. The van der Waals surface area contributed by atoms with Crippen LogP contribution in [0, 0.1) is 0 Å². The molecule has 1 saturated heterocycles. The first kappa shape index (κ1) is 14.5. The molecule has 22 heavy (non-hydrogen) atoms. The first-order valence-electron chi connectivity index (χ1n) is 7.12. The summed E-state index contributed by atoms with van der Waals surface area (Å²) in [6.45, 7) is 3.57. The normalized spacial score (nSPS) is 27.8. The maximum Gasteiger partial charge on any atom is 0.413 e. The summed E-state index contributed by atoms with van der Waals surface area (Å²) in [6.07, 6.45) is 2.70. The van der Waals surface area contributed by atoms with Crippen molar-refractivity contribution in [3.63, 3.8) is 0 Å². The van der Waals surface area contributed by atoms with Crippen molar-refractivity contribution in [3.05, 3.63) is 66.0 Å². The van der Waals surface area contributed by atoms with E-state index in [0.717, 1.165) is 5.56 Å². The maximum atomic E-state index is 12.3. The molecule has 0 radical (unpaired) electrons. The first-order valence-corrected chi connectivity index (χ1v) is 7.12. The van der Waals surface area contributed by atoms with Crippen molar-refractivity contribution in [1.29, 1.82) is 0 Å². The van der Waals surface area contributed by atoms with Crippen molar-refractivity contribution in [2.24, 2.45) is 0 Å². The van der Waals surface area contributed by atoms with Crippen molar-refractivity contribution < 1.29 is 14.6 Å². The van der Waals surface area contributed by atoms with Crippen LogP contribution in [0.2, 0.25) is 0 Å². The number of amides is 1. The molecule has 1 aromatic carbocycles. The standard InChI is InChI=1S/C17H18N2O3/c1-16(14-9-6-10-18-11-14)17(2,21)19(15(20)22-16)12-13-7-4-3-5-8-13/h3-11,21H,12H2,1-2H3/t16-,17-/m0/s1. The summed E-state index contributed by atoms with van der Waals surface area (Å²) in [5.74, 6) is 0. The molecule has 0 bridgehead atoms. The first-order chi connectivity index (χ1) is 10.4. The van der Waals surface area contributed by atoms with Gasteiger partial charge < -0.3 is 9.84 Å². The van der Waals surface area contributed by atoms with E-state index >= 15 is 0 Å². The van der Waals surface area contributed by atoms with E-state index in [2.05, 4.69) is 4.98 Å². The Kier molecular flexibility index (Phi) is 3.37. The molecular weight excluding hydrogens is 280 g/mol. The third-order valence-corrected chi connectivity index (χ3v) is 4.34. The van der Waals surface area contributed by atoms with Crippen LogP contribution in [0.5, 0.6) is 0 Å². The van der Waals surface area contributed by atoms with Gasteiger partial charge in [0.15, 0.2) is 11.3 Å². The summed E-state index contributed by atoms with van der Waals surface area (Å²) in [4.78, 5) is 17.7. The second kappa shape index (κ2) is 5.10. The van der Waals surface area contributed by atoms with Crippen LogP contribution in [0.15, 0.2) is 54.9 Å². The average Bonchev–Trinajstić information content (AvgIpc) is 2.70. The fourth-order valence-corrected chi connectivity index (χ4v) is 2.72. The highest BCUT2D eigenvalue weighted by molar-refractivity contribution is 5.72. The van der Waals surface area contributed by atoms with Gasteiger partial charge in [0.05, 0.1) is 6.54 Å². The van der Waals surface area contributed by atoms with Crippen molar-refractivity contribution in [2.75, 3.05) is 0 Å². The van der Waals surface area contributed by atoms with Crippen LogP contribution in [0.25, 0.3) is 0 Å². The molecule has 5 heteroatoms. The summed E-state index contributed by atoms with van der Waals surface area (Å²) in [6, 6.07) is 13.1. The number of aliphatic hydroxyl groups is 1. The zero-order chi connectivity index (χ0) is 15.8. The van der Waals surface area contributed by atoms with Crippen LogP contribution < -0.4 is 0 Å². The van der Waals surface area contributed by atoms with Crippen LogP contribution in [-0.2, 0) is 16.9 Å². The molecule has 2 atom stereocenters.